The zero-order chi connectivity index (χ0) is 8.59. The first kappa shape index (κ1) is 8.68. The van der Waals surface area contributed by atoms with E-state index < -0.39 is 0 Å². The minimum atomic E-state index is -0.222. The van der Waals surface area contributed by atoms with Crippen LogP contribution in [0.3, 0.4) is 0 Å². The molecule has 0 aliphatic carbocycles. The van der Waals surface area contributed by atoms with Gasteiger partial charge in [0.1, 0.15) is 0 Å². The standard InChI is InChI=1S/C7H6BrClO2/c1-3-2-4(10)7(11)5(8)6(3)9/h2,10-11H,1H3. The van der Waals surface area contributed by atoms with E-state index in [2.05, 4.69) is 15.9 Å². The van der Waals surface area contributed by atoms with Gasteiger partial charge < -0.3 is 10.2 Å². The molecule has 0 aromatic heterocycles. The molecule has 0 fully saturated rings. The molecule has 2 N–H and O–H groups in total. The SMILES string of the molecule is Cc1cc(O)c(O)c(Br)c1Cl. The Morgan fingerprint density at radius 3 is 2.55 bits per heavy atom. The first-order valence-corrected chi connectivity index (χ1v) is 4.07. The summed E-state index contributed by atoms with van der Waals surface area (Å²) in [5.41, 5.74) is 0.717. The molecule has 11 heavy (non-hydrogen) atoms. The van der Waals surface area contributed by atoms with Gasteiger partial charge in [0, 0.05) is 0 Å². The van der Waals surface area contributed by atoms with Gasteiger partial charge in [0.25, 0.3) is 0 Å². The monoisotopic (exact) mass is 236 g/mol. The second-order valence-electron chi connectivity index (χ2n) is 2.19. The maximum Gasteiger partial charge on any atom is 0.173 e. The third-order valence-electron chi connectivity index (χ3n) is 1.34. The number of aromatic hydroxyl groups is 2. The molecule has 4 heteroatoms. The lowest BCUT2D eigenvalue weighted by atomic mass is 10.2. The Morgan fingerprint density at radius 2 is 2.00 bits per heavy atom. The molecule has 1 rings (SSSR count). The molecule has 1 aromatic rings. The van der Waals surface area contributed by atoms with Crippen LogP contribution < -0.4 is 0 Å². The summed E-state index contributed by atoms with van der Waals surface area (Å²) in [6.07, 6.45) is 0. The molecule has 0 heterocycles. The predicted octanol–water partition coefficient (Wildman–Crippen LogP) is 2.82. The molecule has 0 saturated carbocycles. The third-order valence-corrected chi connectivity index (χ3v) is 2.83. The van der Waals surface area contributed by atoms with Gasteiger partial charge in [-0.3, -0.25) is 0 Å². The topological polar surface area (TPSA) is 40.5 Å². The van der Waals surface area contributed by atoms with Gasteiger partial charge in [0.15, 0.2) is 11.5 Å². The van der Waals surface area contributed by atoms with Crippen LogP contribution in [-0.2, 0) is 0 Å². The second-order valence-corrected chi connectivity index (χ2v) is 3.36. The predicted molar refractivity (Wildman–Crippen MR) is 47.2 cm³/mol. The number of rotatable bonds is 0. The van der Waals surface area contributed by atoms with Crippen molar-refractivity contribution >= 4 is 27.5 Å². The zero-order valence-electron chi connectivity index (χ0n) is 5.73. The van der Waals surface area contributed by atoms with Crippen molar-refractivity contribution in [2.75, 3.05) is 0 Å². The van der Waals surface area contributed by atoms with Crippen molar-refractivity contribution in [2.24, 2.45) is 0 Å². The van der Waals surface area contributed by atoms with Gasteiger partial charge in [-0.2, -0.15) is 0 Å². The van der Waals surface area contributed by atoms with Crippen LogP contribution in [0.1, 0.15) is 5.56 Å². The number of phenols is 2. The van der Waals surface area contributed by atoms with Gasteiger partial charge >= 0.3 is 0 Å². The van der Waals surface area contributed by atoms with Crippen molar-refractivity contribution in [1.82, 2.24) is 0 Å². The molecule has 0 amide bonds. The first-order chi connectivity index (χ1) is 5.04. The molecule has 0 spiro atoms. The van der Waals surface area contributed by atoms with Crippen molar-refractivity contribution in [3.05, 3.63) is 21.1 Å². The number of phenolic OH excluding ortho intramolecular Hbond substituents is 2. The van der Waals surface area contributed by atoms with Crippen LogP contribution in [0.25, 0.3) is 0 Å². The number of hydrogen-bond donors (Lipinski definition) is 2. The Balaban J connectivity index is 3.46. The third kappa shape index (κ3) is 1.44. The first-order valence-electron chi connectivity index (χ1n) is 2.90. The van der Waals surface area contributed by atoms with Crippen molar-refractivity contribution in [3.8, 4) is 11.5 Å². The van der Waals surface area contributed by atoms with Crippen LogP contribution in [0.4, 0.5) is 0 Å². The van der Waals surface area contributed by atoms with E-state index in [4.69, 9.17) is 21.8 Å². The normalized spacial score (nSPS) is 10.1. The number of hydrogen-bond acceptors (Lipinski definition) is 2. The van der Waals surface area contributed by atoms with Gasteiger partial charge in [0.2, 0.25) is 0 Å². The Hall–Kier alpha value is -0.410. The van der Waals surface area contributed by atoms with Crippen LogP contribution >= 0.6 is 27.5 Å². The van der Waals surface area contributed by atoms with Crippen LogP contribution in [0, 0.1) is 6.92 Å². The molecule has 0 atom stereocenters. The maximum atomic E-state index is 9.13. The lowest BCUT2D eigenvalue weighted by Gasteiger charge is -2.04. The largest absolute Gasteiger partial charge is 0.504 e. The highest BCUT2D eigenvalue weighted by Gasteiger charge is 2.10. The van der Waals surface area contributed by atoms with E-state index in [1.54, 1.807) is 6.92 Å². The molecule has 0 radical (unpaired) electrons. The molecular formula is C7H6BrClO2. The lowest BCUT2D eigenvalue weighted by molar-refractivity contribution is 0.401. The van der Waals surface area contributed by atoms with Crippen molar-refractivity contribution in [2.45, 2.75) is 6.92 Å². The number of benzene rings is 1. The van der Waals surface area contributed by atoms with Crippen molar-refractivity contribution in [1.29, 1.82) is 0 Å². The van der Waals surface area contributed by atoms with E-state index >= 15 is 0 Å². The molecule has 0 saturated heterocycles. The molecular weight excluding hydrogens is 231 g/mol. The smallest absolute Gasteiger partial charge is 0.173 e. The second kappa shape index (κ2) is 2.91. The summed E-state index contributed by atoms with van der Waals surface area (Å²) >= 11 is 8.78. The minimum absolute atomic E-state index is 0.168. The van der Waals surface area contributed by atoms with E-state index in [1.165, 1.54) is 6.07 Å². The van der Waals surface area contributed by atoms with Crippen LogP contribution in [0.5, 0.6) is 11.5 Å². The quantitative estimate of drug-likeness (QED) is 0.681. The van der Waals surface area contributed by atoms with E-state index in [-0.39, 0.29) is 11.5 Å². The summed E-state index contributed by atoms with van der Waals surface area (Å²) < 4.78 is 0.330. The molecule has 0 unspecified atom stereocenters. The van der Waals surface area contributed by atoms with E-state index in [1.807, 2.05) is 0 Å². The van der Waals surface area contributed by atoms with Gasteiger partial charge in [-0.15, -0.1) is 0 Å². The van der Waals surface area contributed by atoms with Gasteiger partial charge in [-0.05, 0) is 34.5 Å². The summed E-state index contributed by atoms with van der Waals surface area (Å²) in [5, 5.41) is 18.6. The average Bonchev–Trinajstić information content (AvgIpc) is 1.97. The number of aryl methyl sites for hydroxylation is 1. The summed E-state index contributed by atoms with van der Waals surface area (Å²) in [5.74, 6) is -0.389. The average molecular weight is 237 g/mol. The minimum Gasteiger partial charge on any atom is -0.504 e. The fourth-order valence-electron chi connectivity index (χ4n) is 0.726. The fourth-order valence-corrected chi connectivity index (χ4v) is 1.39. The van der Waals surface area contributed by atoms with Crippen LogP contribution in [0.2, 0.25) is 5.02 Å². The zero-order valence-corrected chi connectivity index (χ0v) is 8.07. The number of halogens is 2. The maximum absolute atomic E-state index is 9.13. The Bertz CT molecular complexity index is 273. The van der Waals surface area contributed by atoms with E-state index in [0.29, 0.717) is 15.1 Å². The Kier molecular flexibility index (Phi) is 2.30. The molecule has 2 nitrogen and oxygen atoms in total. The molecule has 1 aromatic carbocycles. The van der Waals surface area contributed by atoms with Gasteiger partial charge in [0.05, 0.1) is 9.50 Å². The van der Waals surface area contributed by atoms with Crippen LogP contribution in [-0.4, -0.2) is 10.2 Å². The molecule has 60 valence electrons. The fraction of sp³-hybridized carbons (Fsp3) is 0.143. The summed E-state index contributed by atoms with van der Waals surface area (Å²) in [6.45, 7) is 1.74. The summed E-state index contributed by atoms with van der Waals surface area (Å²) in [6, 6.07) is 1.41. The molecule has 0 aliphatic heterocycles. The van der Waals surface area contributed by atoms with E-state index in [9.17, 15) is 0 Å². The summed E-state index contributed by atoms with van der Waals surface area (Å²) in [7, 11) is 0. The Morgan fingerprint density at radius 1 is 1.45 bits per heavy atom. The highest BCUT2D eigenvalue weighted by atomic mass is 79.9. The molecule has 0 bridgehead atoms. The van der Waals surface area contributed by atoms with Crippen LogP contribution in [0.15, 0.2) is 10.5 Å². The highest BCUT2D eigenvalue weighted by Crippen LogP contribution is 2.40. The van der Waals surface area contributed by atoms with E-state index in [0.717, 1.165) is 0 Å². The van der Waals surface area contributed by atoms with Crippen molar-refractivity contribution < 1.29 is 10.2 Å². The lowest BCUT2D eigenvalue weighted by Crippen LogP contribution is -1.78. The highest BCUT2D eigenvalue weighted by molar-refractivity contribution is 9.10. The Labute approximate surface area is 77.6 Å². The summed E-state index contributed by atoms with van der Waals surface area (Å²) in [4.78, 5) is 0. The van der Waals surface area contributed by atoms with Gasteiger partial charge in [-0.1, -0.05) is 11.6 Å². The van der Waals surface area contributed by atoms with Crippen molar-refractivity contribution in [3.63, 3.8) is 0 Å². The molecule has 0 aliphatic rings. The van der Waals surface area contributed by atoms with Gasteiger partial charge in [-0.25, -0.2) is 0 Å².